The number of aromatic nitrogens is 2. The van der Waals surface area contributed by atoms with Gasteiger partial charge in [0.1, 0.15) is 11.4 Å². The summed E-state index contributed by atoms with van der Waals surface area (Å²) in [4.78, 5) is 14.8. The van der Waals surface area contributed by atoms with E-state index in [4.69, 9.17) is 4.74 Å². The molecule has 0 bridgehead atoms. The number of alkyl halides is 2. The van der Waals surface area contributed by atoms with Crippen molar-refractivity contribution in [3.05, 3.63) is 70.8 Å². The van der Waals surface area contributed by atoms with Crippen molar-refractivity contribution in [2.75, 3.05) is 0 Å². The van der Waals surface area contributed by atoms with Gasteiger partial charge >= 0.3 is 0 Å². The molecule has 11 heteroatoms. The number of hydrogen-bond donors (Lipinski definition) is 0. The number of sulfone groups is 1. The second-order valence-corrected chi connectivity index (χ2v) is 11.5. The van der Waals surface area contributed by atoms with Crippen LogP contribution in [-0.4, -0.2) is 46.8 Å². The van der Waals surface area contributed by atoms with Crippen LogP contribution in [0.5, 0.6) is 5.75 Å². The van der Waals surface area contributed by atoms with Crippen LogP contribution in [0.3, 0.4) is 0 Å². The third-order valence-electron chi connectivity index (χ3n) is 6.08. The Kier molecular flexibility index (Phi) is 6.87. The number of benzene rings is 2. The third-order valence-corrected chi connectivity index (χ3v) is 8.24. The van der Waals surface area contributed by atoms with Crippen LogP contribution in [0.25, 0.3) is 5.69 Å². The predicted octanol–water partition coefficient (Wildman–Crippen LogP) is 4.69. The summed E-state index contributed by atoms with van der Waals surface area (Å²) < 4.78 is 73.0. The maximum absolute atomic E-state index is 14.5. The highest BCUT2D eigenvalue weighted by atomic mass is 32.2. The normalized spacial score (nSPS) is 14.4. The molecule has 2 heterocycles. The number of aryl methyl sites for hydroxylation is 1. The maximum Gasteiger partial charge on any atom is 0.274 e. The fourth-order valence-corrected chi connectivity index (χ4v) is 4.96. The van der Waals surface area contributed by atoms with Gasteiger partial charge in [-0.25, -0.2) is 26.3 Å². The van der Waals surface area contributed by atoms with Crippen LogP contribution >= 0.6 is 0 Å². The molecule has 3 aromatic rings. The van der Waals surface area contributed by atoms with Crippen molar-refractivity contribution < 1.29 is 31.1 Å². The highest BCUT2D eigenvalue weighted by Crippen LogP contribution is 2.31. The van der Waals surface area contributed by atoms with Crippen molar-refractivity contribution in [3.8, 4) is 11.4 Å². The Morgan fingerprint density at radius 1 is 1.11 bits per heavy atom. The molecule has 192 valence electrons. The number of amides is 1. The lowest BCUT2D eigenvalue weighted by Crippen LogP contribution is -2.28. The summed E-state index contributed by atoms with van der Waals surface area (Å²) in [5, 5.41) is 3.68. The van der Waals surface area contributed by atoms with E-state index in [1.54, 1.807) is 31.3 Å². The first-order valence-electron chi connectivity index (χ1n) is 11.3. The van der Waals surface area contributed by atoms with Crippen LogP contribution in [0, 0.1) is 12.7 Å². The summed E-state index contributed by atoms with van der Waals surface area (Å²) >= 11 is 0. The zero-order chi connectivity index (χ0) is 26.4. The van der Waals surface area contributed by atoms with Gasteiger partial charge in [-0.15, -0.1) is 0 Å². The highest BCUT2D eigenvalue weighted by Gasteiger charge is 2.32. The summed E-state index contributed by atoms with van der Waals surface area (Å²) in [6.45, 7) is 6.05. The third kappa shape index (κ3) is 4.71. The van der Waals surface area contributed by atoms with Crippen molar-refractivity contribution >= 4 is 15.7 Å². The molecule has 0 aliphatic carbocycles. The molecular weight excluding hydrogens is 495 g/mol. The number of carbonyl (C=O) groups is 1. The second-order valence-electron chi connectivity index (χ2n) is 9.02. The van der Waals surface area contributed by atoms with Gasteiger partial charge < -0.3 is 9.64 Å². The molecule has 1 amide bonds. The number of hydrogen-bond acceptors (Lipinski definition) is 5. The molecule has 0 spiro atoms. The summed E-state index contributed by atoms with van der Waals surface area (Å²) in [7, 11) is -3.73. The summed E-state index contributed by atoms with van der Waals surface area (Å²) in [5.74, 6) is -1.12. The molecule has 0 radical (unpaired) electrons. The molecule has 2 aromatic carbocycles. The quantitative estimate of drug-likeness (QED) is 0.451. The number of fused-ring (bicyclic) bond motifs is 1. The van der Waals surface area contributed by atoms with E-state index in [2.05, 4.69) is 5.10 Å². The van der Waals surface area contributed by atoms with Gasteiger partial charge in [0.15, 0.2) is 21.8 Å². The van der Waals surface area contributed by atoms with Crippen LogP contribution in [0.15, 0.2) is 47.5 Å². The largest absolute Gasteiger partial charge is 0.484 e. The molecule has 1 unspecified atom stereocenters. The minimum atomic E-state index is -3.73. The molecule has 1 aliphatic rings. The maximum atomic E-state index is 14.5. The lowest BCUT2D eigenvalue weighted by atomic mass is 10.1. The van der Waals surface area contributed by atoms with Crippen LogP contribution in [0.4, 0.5) is 13.2 Å². The van der Waals surface area contributed by atoms with Crippen LogP contribution in [0.1, 0.15) is 48.0 Å². The minimum Gasteiger partial charge on any atom is -0.484 e. The lowest BCUT2D eigenvalue weighted by Gasteiger charge is -2.21. The van der Waals surface area contributed by atoms with Crippen molar-refractivity contribution in [3.63, 3.8) is 0 Å². The van der Waals surface area contributed by atoms with Gasteiger partial charge in [-0.2, -0.15) is 5.10 Å². The number of ether oxygens (including phenoxy) is 1. The van der Waals surface area contributed by atoms with Crippen molar-refractivity contribution in [2.45, 2.75) is 63.5 Å². The van der Waals surface area contributed by atoms with E-state index in [0.717, 1.165) is 6.92 Å². The van der Waals surface area contributed by atoms with Gasteiger partial charge in [0.2, 0.25) is 0 Å². The molecule has 0 fully saturated rings. The highest BCUT2D eigenvalue weighted by molar-refractivity contribution is 7.92. The molecule has 0 saturated heterocycles. The molecule has 4 rings (SSSR count). The van der Waals surface area contributed by atoms with Crippen molar-refractivity contribution in [1.82, 2.24) is 14.7 Å². The van der Waals surface area contributed by atoms with E-state index >= 15 is 0 Å². The fraction of sp³-hybridized carbons (Fsp3) is 0.360. The predicted molar refractivity (Wildman–Crippen MR) is 127 cm³/mol. The Morgan fingerprint density at radius 2 is 1.83 bits per heavy atom. The van der Waals surface area contributed by atoms with Crippen molar-refractivity contribution in [2.24, 2.45) is 0 Å². The number of nitrogens with zero attached hydrogens (tertiary/aromatic N) is 3. The van der Waals surface area contributed by atoms with Crippen LogP contribution < -0.4 is 4.74 Å². The van der Waals surface area contributed by atoms with Crippen LogP contribution in [-0.2, 0) is 22.9 Å². The van der Waals surface area contributed by atoms with E-state index in [1.807, 2.05) is 0 Å². The van der Waals surface area contributed by atoms with E-state index < -0.39 is 39.3 Å². The Hall–Kier alpha value is -3.34. The van der Waals surface area contributed by atoms with Gasteiger partial charge in [0, 0.05) is 18.3 Å². The van der Waals surface area contributed by atoms with Gasteiger partial charge in [0.05, 0.1) is 27.9 Å². The van der Waals surface area contributed by atoms with Crippen molar-refractivity contribution in [1.29, 1.82) is 0 Å². The number of halogens is 3. The smallest absolute Gasteiger partial charge is 0.274 e. The lowest BCUT2D eigenvalue weighted by molar-refractivity contribution is 0.0216. The van der Waals surface area contributed by atoms with E-state index in [-0.39, 0.29) is 35.0 Å². The molecular formula is C25H26F3N3O4S. The standard InChI is InChI=1S/C25H26F3N3O4S/c1-14(2)36(33,34)18-8-9-22(35-16(4)24(27)28)19(10-18)25(32)30-11-17-12-31(29-20(17)13-30)21-7-5-6-15(3)23(21)26/h5-10,12,14,16,24H,11,13H2,1-4H3. The molecule has 0 N–H and O–H groups in total. The first-order chi connectivity index (χ1) is 16.9. The molecule has 1 atom stereocenters. The monoisotopic (exact) mass is 521 g/mol. The second kappa shape index (κ2) is 9.61. The zero-order valence-corrected chi connectivity index (χ0v) is 21.0. The van der Waals surface area contributed by atoms with Gasteiger partial charge in [0.25, 0.3) is 12.3 Å². The first kappa shape index (κ1) is 25.7. The van der Waals surface area contributed by atoms with E-state index in [0.29, 0.717) is 16.8 Å². The summed E-state index contributed by atoms with van der Waals surface area (Å²) in [6.07, 6.45) is -2.67. The molecule has 7 nitrogen and oxygen atoms in total. The van der Waals surface area contributed by atoms with Gasteiger partial charge in [-0.05, 0) is 57.5 Å². The molecule has 1 aromatic heterocycles. The van der Waals surface area contributed by atoms with Gasteiger partial charge in [-0.1, -0.05) is 12.1 Å². The van der Waals surface area contributed by atoms with E-state index in [9.17, 15) is 26.4 Å². The molecule has 1 aliphatic heterocycles. The number of rotatable bonds is 7. The average Bonchev–Trinajstić information content (AvgIpc) is 3.40. The summed E-state index contributed by atoms with van der Waals surface area (Å²) in [5.41, 5.74) is 1.87. The Balaban J connectivity index is 1.65. The first-order valence-corrected chi connectivity index (χ1v) is 12.9. The minimum absolute atomic E-state index is 0.0829. The Bertz CT molecular complexity index is 1400. The average molecular weight is 522 g/mol. The fourth-order valence-electron chi connectivity index (χ4n) is 3.88. The SMILES string of the molecule is Cc1cccc(-n2cc3c(n2)CN(C(=O)c2cc(S(=O)(=O)C(C)C)ccc2OC(C)C(F)F)C3)c1F. The summed E-state index contributed by atoms with van der Waals surface area (Å²) in [6, 6.07) is 8.62. The Morgan fingerprint density at radius 3 is 2.47 bits per heavy atom. The number of carbonyl (C=O) groups excluding carboxylic acids is 1. The zero-order valence-electron chi connectivity index (χ0n) is 20.2. The topological polar surface area (TPSA) is 81.5 Å². The molecule has 0 saturated carbocycles. The Labute approximate surface area is 207 Å². The van der Waals surface area contributed by atoms with Gasteiger partial charge in [-0.3, -0.25) is 4.79 Å². The van der Waals surface area contributed by atoms with Crippen LogP contribution in [0.2, 0.25) is 0 Å². The van der Waals surface area contributed by atoms with E-state index in [1.165, 1.54) is 41.6 Å². The molecule has 36 heavy (non-hydrogen) atoms.